The van der Waals surface area contributed by atoms with Crippen molar-refractivity contribution in [2.24, 2.45) is 0 Å². The molecule has 0 aromatic heterocycles. The number of piperazine rings is 1. The van der Waals surface area contributed by atoms with Gasteiger partial charge in [0.15, 0.2) is 0 Å². The minimum Gasteiger partial charge on any atom is -0.391 e. The first-order valence-corrected chi connectivity index (χ1v) is 8.91. The minimum atomic E-state index is -0.0863. The van der Waals surface area contributed by atoms with Gasteiger partial charge in [-0.05, 0) is 37.3 Å². The molecule has 2 fully saturated rings. The van der Waals surface area contributed by atoms with Gasteiger partial charge in [0.2, 0.25) is 0 Å². The van der Waals surface area contributed by atoms with E-state index in [1.807, 2.05) is 0 Å². The summed E-state index contributed by atoms with van der Waals surface area (Å²) in [5.41, 5.74) is 1.39. The van der Waals surface area contributed by atoms with Gasteiger partial charge in [-0.1, -0.05) is 34.1 Å². The summed E-state index contributed by atoms with van der Waals surface area (Å²) in [6.07, 6.45) is 4.38. The second kappa shape index (κ2) is 7.23. The molecule has 1 N–H and O–H groups in total. The van der Waals surface area contributed by atoms with Crippen molar-refractivity contribution in [3.05, 3.63) is 34.3 Å². The van der Waals surface area contributed by atoms with E-state index in [2.05, 4.69) is 50.0 Å². The molecule has 1 heterocycles. The lowest BCUT2D eigenvalue weighted by molar-refractivity contribution is 0.0358. The van der Waals surface area contributed by atoms with Crippen LogP contribution in [0.5, 0.6) is 0 Å². The molecule has 4 heteroatoms. The van der Waals surface area contributed by atoms with Crippen molar-refractivity contribution in [3.63, 3.8) is 0 Å². The minimum absolute atomic E-state index is 0.0863. The van der Waals surface area contributed by atoms with Crippen LogP contribution in [0.2, 0.25) is 0 Å². The van der Waals surface area contributed by atoms with Crippen LogP contribution >= 0.6 is 15.9 Å². The van der Waals surface area contributed by atoms with Gasteiger partial charge in [-0.3, -0.25) is 4.90 Å². The van der Waals surface area contributed by atoms with E-state index in [0.29, 0.717) is 6.04 Å². The summed E-state index contributed by atoms with van der Waals surface area (Å²) in [5.74, 6) is 0. The Morgan fingerprint density at radius 3 is 2.52 bits per heavy atom. The molecule has 0 radical (unpaired) electrons. The molecule has 1 aliphatic heterocycles. The summed E-state index contributed by atoms with van der Waals surface area (Å²) in [4.78, 5) is 5.06. The monoisotopic (exact) mass is 352 g/mol. The van der Waals surface area contributed by atoms with Gasteiger partial charge in [-0.15, -0.1) is 0 Å². The Balaban J connectivity index is 1.45. The summed E-state index contributed by atoms with van der Waals surface area (Å²) >= 11 is 3.63. The number of aliphatic hydroxyl groups is 1. The fraction of sp³-hybridized carbons (Fsp3) is 0.647. The largest absolute Gasteiger partial charge is 0.391 e. The number of benzene rings is 1. The van der Waals surface area contributed by atoms with Gasteiger partial charge in [0.1, 0.15) is 0 Å². The number of halogens is 1. The Labute approximate surface area is 136 Å². The van der Waals surface area contributed by atoms with Gasteiger partial charge < -0.3 is 10.0 Å². The summed E-state index contributed by atoms with van der Waals surface area (Å²) in [5, 5.41) is 10.0. The van der Waals surface area contributed by atoms with Crippen LogP contribution in [0, 0.1) is 0 Å². The fourth-order valence-electron chi connectivity index (χ4n) is 3.65. The smallest absolute Gasteiger partial charge is 0.0695 e. The Morgan fingerprint density at radius 1 is 1.10 bits per heavy atom. The highest BCUT2D eigenvalue weighted by atomic mass is 79.9. The third-order valence-corrected chi connectivity index (χ3v) is 5.75. The molecule has 0 spiro atoms. The predicted octanol–water partition coefficient (Wildman–Crippen LogP) is 2.52. The zero-order valence-electron chi connectivity index (χ0n) is 12.5. The van der Waals surface area contributed by atoms with Crippen LogP contribution in [0.15, 0.2) is 28.7 Å². The van der Waals surface area contributed by atoms with Crippen LogP contribution in [0.25, 0.3) is 0 Å². The Hall–Kier alpha value is -0.420. The molecule has 1 aromatic rings. The van der Waals surface area contributed by atoms with Crippen molar-refractivity contribution in [3.8, 4) is 0 Å². The van der Waals surface area contributed by atoms with Crippen molar-refractivity contribution in [2.45, 2.75) is 37.8 Å². The fourth-order valence-corrected chi connectivity index (χ4v) is 4.13. The van der Waals surface area contributed by atoms with E-state index >= 15 is 0 Å². The summed E-state index contributed by atoms with van der Waals surface area (Å²) in [6.45, 7) is 5.61. The maximum atomic E-state index is 10.0. The number of rotatable bonds is 4. The average Bonchev–Trinajstić information content (AvgIpc) is 2.93. The third kappa shape index (κ3) is 3.86. The van der Waals surface area contributed by atoms with Gasteiger partial charge in [0.25, 0.3) is 0 Å². The molecule has 2 atom stereocenters. The average molecular weight is 353 g/mol. The van der Waals surface area contributed by atoms with Crippen molar-refractivity contribution < 1.29 is 5.11 Å². The molecule has 0 amide bonds. The van der Waals surface area contributed by atoms with Crippen LogP contribution < -0.4 is 0 Å². The van der Waals surface area contributed by atoms with E-state index in [1.54, 1.807) is 0 Å². The van der Waals surface area contributed by atoms with E-state index < -0.39 is 0 Å². The second-order valence-corrected chi connectivity index (χ2v) is 7.14. The zero-order valence-corrected chi connectivity index (χ0v) is 14.1. The number of hydrogen-bond acceptors (Lipinski definition) is 3. The molecule has 1 aromatic carbocycles. The lowest BCUT2D eigenvalue weighted by Gasteiger charge is -2.39. The zero-order chi connectivity index (χ0) is 14.7. The topological polar surface area (TPSA) is 26.7 Å². The molecule has 2 aliphatic rings. The molecule has 0 bridgehead atoms. The first kappa shape index (κ1) is 15.5. The molecule has 3 nitrogen and oxygen atoms in total. The maximum Gasteiger partial charge on any atom is 0.0695 e. The summed E-state index contributed by atoms with van der Waals surface area (Å²) in [6, 6.07) is 8.93. The molecular weight excluding hydrogens is 328 g/mol. The Bertz CT molecular complexity index is 460. The SMILES string of the molecule is O[C@H]1CCC[C@@H]1N1CCN(CCc2ccccc2Br)CC1. The highest BCUT2D eigenvalue weighted by Gasteiger charge is 2.32. The molecule has 1 saturated carbocycles. The van der Waals surface area contributed by atoms with Gasteiger partial charge >= 0.3 is 0 Å². The quantitative estimate of drug-likeness (QED) is 0.901. The van der Waals surface area contributed by atoms with Crippen molar-refractivity contribution in [1.29, 1.82) is 0 Å². The summed E-state index contributed by atoms with van der Waals surface area (Å²) in [7, 11) is 0. The molecule has 3 rings (SSSR count). The van der Waals surface area contributed by atoms with E-state index in [1.165, 1.54) is 22.9 Å². The van der Waals surface area contributed by atoms with Crippen LogP contribution in [0.1, 0.15) is 24.8 Å². The maximum absolute atomic E-state index is 10.0. The molecular formula is C17H25BrN2O. The molecule has 1 aliphatic carbocycles. The number of aliphatic hydroxyl groups excluding tert-OH is 1. The van der Waals surface area contributed by atoms with Crippen molar-refractivity contribution >= 4 is 15.9 Å². The summed E-state index contributed by atoms with van der Waals surface area (Å²) < 4.78 is 1.22. The normalized spacial score (nSPS) is 28.1. The highest BCUT2D eigenvalue weighted by molar-refractivity contribution is 9.10. The van der Waals surface area contributed by atoms with Gasteiger partial charge in [-0.2, -0.15) is 0 Å². The highest BCUT2D eigenvalue weighted by Crippen LogP contribution is 2.25. The number of nitrogens with zero attached hydrogens (tertiary/aromatic N) is 2. The third-order valence-electron chi connectivity index (χ3n) is 4.98. The van der Waals surface area contributed by atoms with Crippen LogP contribution in [-0.2, 0) is 6.42 Å². The van der Waals surface area contributed by atoms with Crippen molar-refractivity contribution in [2.75, 3.05) is 32.7 Å². The number of hydrogen-bond donors (Lipinski definition) is 1. The predicted molar refractivity (Wildman–Crippen MR) is 89.5 cm³/mol. The standard InChI is InChI=1S/C17H25BrN2O/c18-15-5-2-1-4-14(15)8-9-19-10-12-20(13-11-19)16-6-3-7-17(16)21/h1-2,4-5,16-17,21H,3,6-13H2/t16-,17-/m0/s1. The molecule has 21 heavy (non-hydrogen) atoms. The second-order valence-electron chi connectivity index (χ2n) is 6.28. The van der Waals surface area contributed by atoms with Crippen molar-refractivity contribution in [1.82, 2.24) is 9.80 Å². The van der Waals surface area contributed by atoms with Gasteiger partial charge in [-0.25, -0.2) is 0 Å². The van der Waals surface area contributed by atoms with Gasteiger partial charge in [0.05, 0.1) is 6.10 Å². The van der Waals surface area contributed by atoms with Crippen LogP contribution in [0.3, 0.4) is 0 Å². The molecule has 0 unspecified atom stereocenters. The first-order valence-electron chi connectivity index (χ1n) is 8.12. The Kier molecular flexibility index (Phi) is 5.33. The lowest BCUT2D eigenvalue weighted by Crippen LogP contribution is -2.52. The van der Waals surface area contributed by atoms with Crippen LogP contribution in [0.4, 0.5) is 0 Å². The first-order chi connectivity index (χ1) is 10.2. The molecule has 1 saturated heterocycles. The lowest BCUT2D eigenvalue weighted by atomic mass is 10.1. The van der Waals surface area contributed by atoms with E-state index in [4.69, 9.17) is 0 Å². The van der Waals surface area contributed by atoms with E-state index in [0.717, 1.165) is 45.6 Å². The van der Waals surface area contributed by atoms with E-state index in [9.17, 15) is 5.11 Å². The van der Waals surface area contributed by atoms with Gasteiger partial charge in [0, 0.05) is 43.2 Å². The Morgan fingerprint density at radius 2 is 1.86 bits per heavy atom. The molecule has 116 valence electrons. The van der Waals surface area contributed by atoms with E-state index in [-0.39, 0.29) is 6.10 Å². The van der Waals surface area contributed by atoms with Crippen LogP contribution in [-0.4, -0.2) is 59.8 Å².